The maximum absolute atomic E-state index is 9.44. The molecular weight excluding hydrogens is 605 g/mol. The molecule has 0 fully saturated rings. The van der Waals surface area contributed by atoms with Gasteiger partial charge in [0.15, 0.2) is 0 Å². The zero-order valence-corrected chi connectivity index (χ0v) is 26.4. The molecule has 1 heterocycles. The Labute approximate surface area is 308 Å². The highest BCUT2D eigenvalue weighted by Gasteiger charge is 2.21. The van der Waals surface area contributed by atoms with Crippen LogP contribution in [-0.4, -0.2) is 0 Å². The Morgan fingerprint density at radius 3 is 1.62 bits per heavy atom. The highest BCUT2D eigenvalue weighted by molar-refractivity contribution is 6.23. The van der Waals surface area contributed by atoms with Crippen LogP contribution in [0.15, 0.2) is 186 Å². The van der Waals surface area contributed by atoms with Crippen LogP contribution in [0.5, 0.6) is 0 Å². The molecule has 10 rings (SSSR count). The van der Waals surface area contributed by atoms with Crippen molar-refractivity contribution in [2.75, 3.05) is 0 Å². The number of hydrogen-bond donors (Lipinski definition) is 0. The van der Waals surface area contributed by atoms with Crippen LogP contribution in [0.3, 0.4) is 0 Å². The summed E-state index contributed by atoms with van der Waals surface area (Å²) in [5.74, 6) is 0. The molecule has 0 atom stereocenters. The summed E-state index contributed by atoms with van der Waals surface area (Å²) in [5, 5.41) is 2.96. The second kappa shape index (κ2) is 11.6. The predicted octanol–water partition coefficient (Wildman–Crippen LogP) is 13.6. The van der Waals surface area contributed by atoms with Gasteiger partial charge in [0.1, 0.15) is 11.2 Å². The molecule has 9 aromatic carbocycles. The quantitative estimate of drug-likeness (QED) is 0.169. The van der Waals surface area contributed by atoms with Crippen molar-refractivity contribution >= 4 is 54.3 Å². The molecule has 0 aliphatic carbocycles. The van der Waals surface area contributed by atoms with Crippen molar-refractivity contribution in [3.8, 4) is 33.4 Å². The van der Waals surface area contributed by atoms with Crippen molar-refractivity contribution in [2.45, 2.75) is 6.42 Å². The monoisotopic (exact) mass is 649 g/mol. The van der Waals surface area contributed by atoms with Gasteiger partial charge >= 0.3 is 0 Å². The van der Waals surface area contributed by atoms with Gasteiger partial charge in [0.2, 0.25) is 0 Å². The Morgan fingerprint density at radius 1 is 0.400 bits per heavy atom. The van der Waals surface area contributed by atoms with E-state index in [0.29, 0.717) is 22.1 Å². The zero-order chi connectivity index (χ0) is 44.3. The third-order valence-corrected chi connectivity index (χ3v) is 9.47. The minimum Gasteiger partial charge on any atom is -0.456 e. The molecule has 1 nitrogen and oxygen atoms in total. The maximum Gasteiger partial charge on any atom is 0.136 e. The number of hydrogen-bond acceptors (Lipinski definition) is 1. The molecule has 0 N–H and O–H groups in total. The normalized spacial score (nSPS) is 15.3. The molecule has 0 spiro atoms. The minimum atomic E-state index is -0.619. The van der Waals surface area contributed by atoms with Crippen LogP contribution in [-0.2, 0) is 6.42 Å². The van der Waals surface area contributed by atoms with Gasteiger partial charge in [0, 0.05) is 10.8 Å². The molecule has 0 amide bonds. The van der Waals surface area contributed by atoms with Crippen molar-refractivity contribution in [1.29, 1.82) is 0 Å². The van der Waals surface area contributed by atoms with Crippen LogP contribution in [0.4, 0.5) is 0 Å². The summed E-state index contributed by atoms with van der Waals surface area (Å²) in [7, 11) is 0. The van der Waals surface area contributed by atoms with Crippen molar-refractivity contribution in [3.63, 3.8) is 0 Å². The molecule has 234 valence electrons. The molecule has 0 saturated carbocycles. The highest BCUT2D eigenvalue weighted by atomic mass is 16.3. The Balaban J connectivity index is 1.35. The minimum absolute atomic E-state index is 0.0186. The molecule has 50 heavy (non-hydrogen) atoms. The third-order valence-electron chi connectivity index (χ3n) is 9.47. The van der Waals surface area contributed by atoms with Crippen LogP contribution in [0.25, 0.3) is 87.6 Å². The van der Waals surface area contributed by atoms with E-state index in [4.69, 9.17) is 16.8 Å². The lowest BCUT2D eigenvalue weighted by Gasteiger charge is -2.19. The first kappa shape index (κ1) is 18.4. The average Bonchev–Trinajstić information content (AvgIpc) is 3.70. The Kier molecular flexibility index (Phi) is 4.26. The van der Waals surface area contributed by atoms with Gasteiger partial charge in [-0.2, -0.15) is 0 Å². The average molecular weight is 650 g/mol. The van der Waals surface area contributed by atoms with Crippen molar-refractivity contribution < 1.29 is 22.2 Å². The first-order chi connectivity index (χ1) is 30.2. The van der Waals surface area contributed by atoms with E-state index in [9.17, 15) is 5.48 Å². The van der Waals surface area contributed by atoms with Gasteiger partial charge < -0.3 is 4.42 Å². The van der Waals surface area contributed by atoms with E-state index in [0.717, 1.165) is 38.4 Å². The van der Waals surface area contributed by atoms with Gasteiger partial charge in [0.05, 0.1) is 17.8 Å². The second-order valence-corrected chi connectivity index (χ2v) is 12.2. The Bertz CT molecular complexity index is 3520. The van der Waals surface area contributed by atoms with Crippen LogP contribution >= 0.6 is 0 Å². The fraction of sp³-hybridized carbons (Fsp3) is 0.0204. The van der Waals surface area contributed by atoms with E-state index >= 15 is 0 Å². The fourth-order valence-corrected chi connectivity index (χ4v) is 7.39. The fourth-order valence-electron chi connectivity index (χ4n) is 7.39. The van der Waals surface area contributed by atoms with Crippen molar-refractivity contribution in [3.05, 3.63) is 193 Å². The molecule has 0 unspecified atom stereocenters. The van der Waals surface area contributed by atoms with Gasteiger partial charge in [0.25, 0.3) is 0 Å². The van der Waals surface area contributed by atoms with Gasteiger partial charge in [-0.3, -0.25) is 0 Å². The molecule has 0 saturated heterocycles. The van der Waals surface area contributed by atoms with Gasteiger partial charge in [-0.05, 0) is 95.4 Å². The molecule has 0 aliphatic heterocycles. The maximum atomic E-state index is 9.44. The molecule has 10 aromatic rings. The standard InChI is InChI=1S/C49H32O/c1-3-15-32(16-4-1)31-44-37-21-9-11-23-40(37)47(41-24-12-10-22-38(41)44)43-30-29-39(35-19-7-8-20-36(35)43)42-26-14-28-46-49(42)48-34(25-13-27-45(48)50-46)33-17-5-2-6-18-33/h1-30H,31H2/i1D,3D,4D,9D,10D,11D,12D,15D,16D,21D,22D,23D,24D. The van der Waals surface area contributed by atoms with E-state index in [1.807, 2.05) is 97.1 Å². The summed E-state index contributed by atoms with van der Waals surface area (Å²) >= 11 is 0. The first-order valence-electron chi connectivity index (χ1n) is 22.8. The lowest BCUT2D eigenvalue weighted by atomic mass is 9.83. The van der Waals surface area contributed by atoms with E-state index in [1.54, 1.807) is 0 Å². The van der Waals surface area contributed by atoms with E-state index < -0.39 is 85.0 Å². The SMILES string of the molecule is [2H]c1c([2H])c([2H])c(Cc2c3c([2H])c([2H])c([2H])c([2H])c3c(-c3ccc(-c4cccc5oc6cccc(-c7ccccc7)c6c45)c4ccccc34)c3c([2H])c([2H])c([2H])c([2H])c23)c([2H])c1[2H]. The molecular formula is C49H32O. The molecule has 0 bridgehead atoms. The van der Waals surface area contributed by atoms with Crippen molar-refractivity contribution in [2.24, 2.45) is 0 Å². The van der Waals surface area contributed by atoms with Crippen LogP contribution in [0.2, 0.25) is 0 Å². The number of fused-ring (bicyclic) bond motifs is 6. The summed E-state index contributed by atoms with van der Waals surface area (Å²) < 4.78 is 122. The van der Waals surface area contributed by atoms with Gasteiger partial charge in [-0.1, -0.05) is 170 Å². The zero-order valence-electron chi connectivity index (χ0n) is 39.4. The topological polar surface area (TPSA) is 13.1 Å². The highest BCUT2D eigenvalue weighted by Crippen LogP contribution is 2.47. The molecule has 1 heteroatoms. The summed E-state index contributed by atoms with van der Waals surface area (Å²) in [5.41, 5.74) is 5.45. The predicted molar refractivity (Wildman–Crippen MR) is 212 cm³/mol. The molecule has 1 aromatic heterocycles. The van der Waals surface area contributed by atoms with E-state index in [2.05, 4.69) is 6.07 Å². The summed E-state index contributed by atoms with van der Waals surface area (Å²) in [6, 6.07) is 25.9. The number of benzene rings is 9. The number of rotatable bonds is 5. The van der Waals surface area contributed by atoms with Crippen molar-refractivity contribution in [1.82, 2.24) is 0 Å². The Hall–Kier alpha value is -6.44. The van der Waals surface area contributed by atoms with Gasteiger partial charge in [-0.15, -0.1) is 0 Å². The number of furan rings is 1. The molecule has 0 aliphatic rings. The van der Waals surface area contributed by atoms with E-state index in [-0.39, 0.29) is 38.2 Å². The summed E-state index contributed by atoms with van der Waals surface area (Å²) in [6.07, 6.45) is -0.499. The smallest absolute Gasteiger partial charge is 0.136 e. The second-order valence-electron chi connectivity index (χ2n) is 12.2. The van der Waals surface area contributed by atoms with E-state index in [1.165, 1.54) is 0 Å². The lowest BCUT2D eigenvalue weighted by Crippen LogP contribution is -1.96. The third kappa shape index (κ3) is 4.48. The largest absolute Gasteiger partial charge is 0.456 e. The van der Waals surface area contributed by atoms with Crippen LogP contribution < -0.4 is 0 Å². The lowest BCUT2D eigenvalue weighted by molar-refractivity contribution is 0.669. The Morgan fingerprint density at radius 2 is 0.940 bits per heavy atom. The summed E-state index contributed by atoms with van der Waals surface area (Å²) in [6.45, 7) is 0. The van der Waals surface area contributed by atoms with Crippen LogP contribution in [0.1, 0.15) is 28.9 Å². The summed E-state index contributed by atoms with van der Waals surface area (Å²) in [4.78, 5) is 0. The molecule has 0 radical (unpaired) electrons. The van der Waals surface area contributed by atoms with Gasteiger partial charge in [-0.25, -0.2) is 0 Å². The first-order valence-corrected chi connectivity index (χ1v) is 16.3. The van der Waals surface area contributed by atoms with Crippen LogP contribution in [0, 0.1) is 0 Å².